The predicted octanol–water partition coefficient (Wildman–Crippen LogP) is 2.27. The fourth-order valence-electron chi connectivity index (χ4n) is 2.74. The van der Waals surface area contributed by atoms with Gasteiger partial charge in [-0.2, -0.15) is 0 Å². The average molecular weight is 276 g/mol. The molecule has 4 nitrogen and oxygen atoms in total. The second kappa shape index (κ2) is 6.37. The molecule has 0 aromatic heterocycles. The molecule has 0 unspecified atom stereocenters. The quantitative estimate of drug-likeness (QED) is 0.921. The third-order valence-corrected chi connectivity index (χ3v) is 3.90. The van der Waals surface area contributed by atoms with Crippen molar-refractivity contribution in [3.05, 3.63) is 28.8 Å². The normalized spacial score (nSPS) is 17.8. The molecule has 1 fully saturated rings. The topological polar surface area (TPSA) is 41.6 Å². The van der Waals surface area contributed by atoms with Gasteiger partial charge in [0.1, 0.15) is 0 Å². The smallest absolute Gasteiger partial charge is 0.241 e. The zero-order chi connectivity index (χ0) is 14.7. The summed E-state index contributed by atoms with van der Waals surface area (Å²) in [6, 6.07) is 4.07. The molecule has 0 radical (unpaired) electrons. The monoisotopic (exact) mass is 276 g/mol. The zero-order valence-corrected chi connectivity index (χ0v) is 12.8. The van der Waals surface area contributed by atoms with E-state index in [9.17, 15) is 4.79 Å². The fourth-order valence-corrected chi connectivity index (χ4v) is 2.74. The number of nitrogens with one attached hydrogen (secondary N) is 1. The summed E-state index contributed by atoms with van der Waals surface area (Å²) in [6.45, 7) is 11.2. The van der Waals surface area contributed by atoms with Crippen LogP contribution in [0.1, 0.15) is 23.6 Å². The number of anilines is 1. The SMILES string of the molecule is Cc1cc(C)c(NC(=O)[C@@H](C)N2CCOCC2)c(C)c1. The van der Waals surface area contributed by atoms with Gasteiger partial charge in [-0.3, -0.25) is 9.69 Å². The zero-order valence-electron chi connectivity index (χ0n) is 12.8. The maximum absolute atomic E-state index is 12.4. The summed E-state index contributed by atoms with van der Waals surface area (Å²) < 4.78 is 5.33. The second-order valence-corrected chi connectivity index (χ2v) is 5.59. The third-order valence-electron chi connectivity index (χ3n) is 3.90. The summed E-state index contributed by atoms with van der Waals surface area (Å²) in [6.07, 6.45) is 0. The summed E-state index contributed by atoms with van der Waals surface area (Å²) in [5.74, 6) is 0.0574. The van der Waals surface area contributed by atoms with E-state index in [-0.39, 0.29) is 11.9 Å². The molecule has 1 aliphatic heterocycles. The lowest BCUT2D eigenvalue weighted by Crippen LogP contribution is -2.47. The molecule has 4 heteroatoms. The number of morpholine rings is 1. The van der Waals surface area contributed by atoms with Crippen molar-refractivity contribution in [3.8, 4) is 0 Å². The Morgan fingerprint density at radius 1 is 1.20 bits per heavy atom. The molecule has 1 aromatic rings. The Kier molecular flexibility index (Phi) is 4.78. The largest absolute Gasteiger partial charge is 0.379 e. The molecule has 20 heavy (non-hydrogen) atoms. The molecule has 1 amide bonds. The lowest BCUT2D eigenvalue weighted by atomic mass is 10.0. The Morgan fingerprint density at radius 2 is 1.75 bits per heavy atom. The number of carbonyl (C=O) groups is 1. The van der Waals surface area contributed by atoms with Crippen molar-refractivity contribution in [1.29, 1.82) is 0 Å². The van der Waals surface area contributed by atoms with Crippen molar-refractivity contribution in [2.45, 2.75) is 33.7 Å². The minimum atomic E-state index is -0.126. The number of carbonyl (C=O) groups excluding carboxylic acids is 1. The van der Waals surface area contributed by atoms with E-state index in [4.69, 9.17) is 4.74 Å². The van der Waals surface area contributed by atoms with Crippen LogP contribution in [0, 0.1) is 20.8 Å². The first-order valence-electron chi connectivity index (χ1n) is 7.19. The predicted molar refractivity (Wildman–Crippen MR) is 81.1 cm³/mol. The molecule has 1 aromatic carbocycles. The van der Waals surface area contributed by atoms with E-state index < -0.39 is 0 Å². The number of benzene rings is 1. The second-order valence-electron chi connectivity index (χ2n) is 5.59. The van der Waals surface area contributed by atoms with Crippen LogP contribution in [0.2, 0.25) is 0 Å². The molecule has 1 atom stereocenters. The molecule has 0 saturated carbocycles. The Morgan fingerprint density at radius 3 is 2.30 bits per heavy atom. The van der Waals surface area contributed by atoms with E-state index in [1.807, 2.05) is 20.8 Å². The van der Waals surface area contributed by atoms with Crippen LogP contribution in [0.3, 0.4) is 0 Å². The van der Waals surface area contributed by atoms with E-state index in [0.29, 0.717) is 13.2 Å². The lowest BCUT2D eigenvalue weighted by molar-refractivity contribution is -0.122. The van der Waals surface area contributed by atoms with E-state index in [1.165, 1.54) is 5.56 Å². The summed E-state index contributed by atoms with van der Waals surface area (Å²) in [5.41, 5.74) is 4.40. The van der Waals surface area contributed by atoms with Gasteiger partial charge in [-0.05, 0) is 38.8 Å². The number of hydrogen-bond acceptors (Lipinski definition) is 3. The molecule has 0 bridgehead atoms. The summed E-state index contributed by atoms with van der Waals surface area (Å²) in [7, 11) is 0. The molecule has 1 heterocycles. The minimum Gasteiger partial charge on any atom is -0.379 e. The summed E-state index contributed by atoms with van der Waals surface area (Å²) in [5, 5.41) is 3.08. The first-order valence-corrected chi connectivity index (χ1v) is 7.19. The van der Waals surface area contributed by atoms with Gasteiger partial charge >= 0.3 is 0 Å². The van der Waals surface area contributed by atoms with Crippen LogP contribution < -0.4 is 5.32 Å². The van der Waals surface area contributed by atoms with Crippen molar-refractivity contribution in [3.63, 3.8) is 0 Å². The van der Waals surface area contributed by atoms with E-state index in [1.54, 1.807) is 0 Å². The molecule has 1 N–H and O–H groups in total. The van der Waals surface area contributed by atoms with Crippen LogP contribution in [0.4, 0.5) is 5.69 Å². The number of hydrogen-bond donors (Lipinski definition) is 1. The maximum Gasteiger partial charge on any atom is 0.241 e. The van der Waals surface area contributed by atoms with Gasteiger partial charge in [-0.1, -0.05) is 17.7 Å². The standard InChI is InChI=1S/C16H24N2O2/c1-11-9-12(2)15(13(3)10-11)17-16(19)14(4)18-5-7-20-8-6-18/h9-10,14H,5-8H2,1-4H3,(H,17,19)/t14-/m1/s1. The number of ether oxygens (including phenoxy) is 1. The number of rotatable bonds is 3. The summed E-state index contributed by atoms with van der Waals surface area (Å²) >= 11 is 0. The van der Waals surface area contributed by atoms with Crippen LogP contribution in [0.15, 0.2) is 12.1 Å². The van der Waals surface area contributed by atoms with Crippen molar-refractivity contribution in [2.75, 3.05) is 31.6 Å². The van der Waals surface area contributed by atoms with Crippen LogP contribution in [-0.4, -0.2) is 43.2 Å². The molecule has 0 aliphatic carbocycles. The van der Waals surface area contributed by atoms with Gasteiger partial charge in [-0.25, -0.2) is 0 Å². The number of nitrogens with zero attached hydrogens (tertiary/aromatic N) is 1. The number of aryl methyl sites for hydroxylation is 3. The lowest BCUT2D eigenvalue weighted by Gasteiger charge is -2.31. The van der Waals surface area contributed by atoms with Gasteiger partial charge < -0.3 is 10.1 Å². The van der Waals surface area contributed by atoms with Gasteiger partial charge in [0.05, 0.1) is 19.3 Å². The van der Waals surface area contributed by atoms with Crippen LogP contribution in [0.25, 0.3) is 0 Å². The van der Waals surface area contributed by atoms with Gasteiger partial charge in [0, 0.05) is 18.8 Å². The fraction of sp³-hybridized carbons (Fsp3) is 0.562. The summed E-state index contributed by atoms with van der Waals surface area (Å²) in [4.78, 5) is 14.6. The highest BCUT2D eigenvalue weighted by molar-refractivity contribution is 5.96. The molecule has 0 spiro atoms. The van der Waals surface area contributed by atoms with Crippen LogP contribution >= 0.6 is 0 Å². The van der Waals surface area contributed by atoms with Gasteiger partial charge in [-0.15, -0.1) is 0 Å². The van der Waals surface area contributed by atoms with Gasteiger partial charge in [0.15, 0.2) is 0 Å². The molecule has 2 rings (SSSR count). The van der Waals surface area contributed by atoms with Gasteiger partial charge in [0.2, 0.25) is 5.91 Å². The molecule has 1 saturated heterocycles. The Labute approximate surface area is 121 Å². The van der Waals surface area contributed by atoms with Crippen molar-refractivity contribution >= 4 is 11.6 Å². The highest BCUT2D eigenvalue weighted by Gasteiger charge is 2.23. The van der Waals surface area contributed by atoms with Gasteiger partial charge in [0.25, 0.3) is 0 Å². The molecular weight excluding hydrogens is 252 g/mol. The van der Waals surface area contributed by atoms with E-state index in [2.05, 4.69) is 29.3 Å². The third kappa shape index (κ3) is 3.38. The van der Waals surface area contributed by atoms with E-state index >= 15 is 0 Å². The first-order chi connectivity index (χ1) is 9.49. The van der Waals surface area contributed by atoms with Crippen molar-refractivity contribution in [1.82, 2.24) is 4.90 Å². The van der Waals surface area contributed by atoms with Crippen molar-refractivity contribution < 1.29 is 9.53 Å². The molecule has 1 aliphatic rings. The average Bonchev–Trinajstić information content (AvgIpc) is 2.42. The minimum absolute atomic E-state index is 0.0574. The van der Waals surface area contributed by atoms with Crippen molar-refractivity contribution in [2.24, 2.45) is 0 Å². The van der Waals surface area contributed by atoms with Crippen LogP contribution in [0.5, 0.6) is 0 Å². The number of amides is 1. The molecule has 110 valence electrons. The first kappa shape index (κ1) is 15.0. The van der Waals surface area contributed by atoms with Crippen LogP contribution in [-0.2, 0) is 9.53 Å². The molecular formula is C16H24N2O2. The Bertz CT molecular complexity index is 470. The highest BCUT2D eigenvalue weighted by atomic mass is 16.5. The maximum atomic E-state index is 12.4. The Balaban J connectivity index is 2.07. The van der Waals surface area contributed by atoms with E-state index in [0.717, 1.165) is 29.9 Å². The Hall–Kier alpha value is -1.39. The highest BCUT2D eigenvalue weighted by Crippen LogP contribution is 2.22.